The van der Waals surface area contributed by atoms with E-state index in [4.69, 9.17) is 4.74 Å². The monoisotopic (exact) mass is 516 g/mol. The molecule has 0 radical (unpaired) electrons. The van der Waals surface area contributed by atoms with Gasteiger partial charge in [-0.3, -0.25) is 4.98 Å². The van der Waals surface area contributed by atoms with E-state index in [0.29, 0.717) is 22.5 Å². The van der Waals surface area contributed by atoms with Crippen molar-refractivity contribution in [1.82, 2.24) is 15.0 Å². The number of hydrogen-bond donors (Lipinski definition) is 1. The Hall–Kier alpha value is -3.57. The van der Waals surface area contributed by atoms with Crippen molar-refractivity contribution in [1.29, 1.82) is 0 Å². The van der Waals surface area contributed by atoms with Crippen LogP contribution in [0.5, 0.6) is 0 Å². The fraction of sp³-hybridized carbons (Fsp3) is 0.240. The van der Waals surface area contributed by atoms with Gasteiger partial charge in [0.05, 0.1) is 39.4 Å². The number of halogens is 3. The number of nitrogens with one attached hydrogen (secondary N) is 1. The lowest BCUT2D eigenvalue weighted by atomic mass is 10.1. The van der Waals surface area contributed by atoms with Gasteiger partial charge in [0.15, 0.2) is 15.5 Å². The number of alkyl halides is 3. The number of nitrogens with zero attached hydrogens (tertiary/aromatic N) is 3. The van der Waals surface area contributed by atoms with Crippen LogP contribution in [0, 0.1) is 0 Å². The van der Waals surface area contributed by atoms with Gasteiger partial charge in [0.1, 0.15) is 5.69 Å². The molecule has 1 N–H and O–H groups in total. The number of benzene rings is 1. The number of anilines is 2. The van der Waals surface area contributed by atoms with Crippen molar-refractivity contribution < 1.29 is 26.3 Å². The van der Waals surface area contributed by atoms with Gasteiger partial charge in [-0.2, -0.15) is 13.2 Å². The molecule has 0 fully saturated rings. The second-order valence-electron chi connectivity index (χ2n) is 8.30. The molecule has 0 bridgehead atoms. The molecule has 0 aliphatic carbocycles. The van der Waals surface area contributed by atoms with Crippen LogP contribution < -0.4 is 5.32 Å². The summed E-state index contributed by atoms with van der Waals surface area (Å²) >= 11 is 0. The van der Waals surface area contributed by atoms with E-state index in [-0.39, 0.29) is 28.5 Å². The number of hydrogen-bond acceptors (Lipinski definition) is 7. The zero-order chi connectivity index (χ0) is 26.1. The van der Waals surface area contributed by atoms with Crippen molar-refractivity contribution >= 4 is 32.2 Å². The number of aromatic nitrogens is 3. The summed E-state index contributed by atoms with van der Waals surface area (Å²) in [6.07, 6.45) is -3.31. The molecule has 0 atom stereocenters. The summed E-state index contributed by atoms with van der Waals surface area (Å²) in [5.74, 6) is 0. The first-order valence-corrected chi connectivity index (χ1v) is 12.5. The quantitative estimate of drug-likeness (QED) is 0.333. The highest BCUT2D eigenvalue weighted by atomic mass is 32.2. The zero-order valence-electron chi connectivity index (χ0n) is 19.7. The molecule has 1 aromatic carbocycles. The molecule has 0 aliphatic heterocycles. The van der Waals surface area contributed by atoms with Crippen molar-refractivity contribution in [3.8, 4) is 11.4 Å². The van der Waals surface area contributed by atoms with Gasteiger partial charge in [-0.25, -0.2) is 18.4 Å². The van der Waals surface area contributed by atoms with E-state index in [2.05, 4.69) is 20.3 Å². The minimum absolute atomic E-state index is 0.0340. The molecule has 3 heterocycles. The molecule has 0 aliphatic rings. The largest absolute Gasteiger partial charge is 0.418 e. The molecular formula is C25H23F3N4O3S. The second kappa shape index (κ2) is 9.82. The lowest BCUT2D eigenvalue weighted by molar-refractivity contribution is -0.137. The van der Waals surface area contributed by atoms with E-state index in [1.807, 2.05) is 0 Å². The maximum absolute atomic E-state index is 13.5. The first-order chi connectivity index (χ1) is 17.0. The van der Waals surface area contributed by atoms with Crippen LogP contribution in [0.15, 0.2) is 65.7 Å². The number of fused-ring (bicyclic) bond motifs is 1. The van der Waals surface area contributed by atoms with Crippen LogP contribution in [0.4, 0.5) is 24.5 Å². The minimum atomic E-state index is -4.59. The number of pyridine rings is 3. The van der Waals surface area contributed by atoms with Crippen LogP contribution in [0.3, 0.4) is 0 Å². The Labute approximate surface area is 206 Å². The average Bonchev–Trinajstić information content (AvgIpc) is 2.83. The highest BCUT2D eigenvalue weighted by Gasteiger charge is 2.34. The van der Waals surface area contributed by atoms with Crippen molar-refractivity contribution in [2.24, 2.45) is 0 Å². The molecule has 0 unspecified atom stereocenters. The third-order valence-electron chi connectivity index (χ3n) is 5.46. The topological polar surface area (TPSA) is 94.1 Å². The van der Waals surface area contributed by atoms with E-state index in [9.17, 15) is 21.6 Å². The normalized spacial score (nSPS) is 12.3. The number of ether oxygens (including phenoxy) is 1. The summed E-state index contributed by atoms with van der Waals surface area (Å²) in [4.78, 5) is 13.0. The Kier molecular flexibility index (Phi) is 6.96. The third-order valence-corrected chi connectivity index (χ3v) is 7.63. The lowest BCUT2D eigenvalue weighted by Crippen LogP contribution is -2.13. The maximum Gasteiger partial charge on any atom is 0.418 e. The number of sulfone groups is 1. The van der Waals surface area contributed by atoms with Crippen LogP contribution in [0.25, 0.3) is 22.4 Å². The first-order valence-electron chi connectivity index (χ1n) is 10.9. The van der Waals surface area contributed by atoms with Gasteiger partial charge < -0.3 is 10.1 Å². The number of methoxy groups -OCH3 is 1. The van der Waals surface area contributed by atoms with Crippen molar-refractivity contribution in [3.63, 3.8) is 0 Å². The summed E-state index contributed by atoms with van der Waals surface area (Å²) in [5.41, 5.74) is 0.772. The SMILES string of the molecule is COCc1cc(Nc2ccc(S(=O)(=O)C(C)C)cc2)c2ccc(-c3ncccc3C(F)(F)F)nc2n1. The van der Waals surface area contributed by atoms with Gasteiger partial charge in [0.2, 0.25) is 0 Å². The fourth-order valence-corrected chi connectivity index (χ4v) is 4.67. The van der Waals surface area contributed by atoms with Crippen LogP contribution >= 0.6 is 0 Å². The van der Waals surface area contributed by atoms with Gasteiger partial charge in [-0.15, -0.1) is 0 Å². The summed E-state index contributed by atoms with van der Waals surface area (Å²) in [6, 6.07) is 13.3. The summed E-state index contributed by atoms with van der Waals surface area (Å²) in [6.45, 7) is 3.39. The van der Waals surface area contributed by atoms with E-state index in [0.717, 1.165) is 6.07 Å². The first kappa shape index (κ1) is 25.5. The third kappa shape index (κ3) is 5.17. The molecule has 188 valence electrons. The van der Waals surface area contributed by atoms with E-state index in [1.165, 1.54) is 37.6 Å². The molecule has 7 nitrogen and oxygen atoms in total. The molecule has 3 aromatic heterocycles. The van der Waals surface area contributed by atoms with Crippen LogP contribution in [-0.2, 0) is 27.4 Å². The minimum Gasteiger partial charge on any atom is -0.378 e. The van der Waals surface area contributed by atoms with E-state index >= 15 is 0 Å². The van der Waals surface area contributed by atoms with Crippen molar-refractivity contribution in [3.05, 3.63) is 72.1 Å². The smallest absolute Gasteiger partial charge is 0.378 e. The van der Waals surface area contributed by atoms with E-state index < -0.39 is 26.8 Å². The van der Waals surface area contributed by atoms with Gasteiger partial charge >= 0.3 is 6.18 Å². The predicted octanol–water partition coefficient (Wildman–Crippen LogP) is 5.78. The van der Waals surface area contributed by atoms with Crippen molar-refractivity contribution in [2.45, 2.75) is 36.8 Å². The lowest BCUT2D eigenvalue weighted by Gasteiger charge is -2.14. The molecule has 4 aromatic rings. The second-order valence-corrected chi connectivity index (χ2v) is 10.8. The van der Waals surface area contributed by atoms with Crippen LogP contribution in [0.1, 0.15) is 25.1 Å². The van der Waals surface area contributed by atoms with Crippen LogP contribution in [0.2, 0.25) is 0 Å². The Morgan fingerprint density at radius 2 is 1.75 bits per heavy atom. The Morgan fingerprint density at radius 3 is 2.39 bits per heavy atom. The summed E-state index contributed by atoms with van der Waals surface area (Å²) in [5, 5.41) is 3.23. The Morgan fingerprint density at radius 1 is 1.03 bits per heavy atom. The highest BCUT2D eigenvalue weighted by Crippen LogP contribution is 2.36. The molecule has 11 heteroatoms. The highest BCUT2D eigenvalue weighted by molar-refractivity contribution is 7.92. The molecule has 36 heavy (non-hydrogen) atoms. The molecule has 0 saturated heterocycles. The standard InChI is InChI=1S/C25H23F3N4O3S/c1-15(2)36(33,34)18-8-6-16(7-9-18)30-22-13-17(14-35-3)31-24-19(22)10-11-21(32-24)23-20(25(26,27)28)5-4-12-29-23/h4-13,15H,14H2,1-3H3,(H,30,31,32). The van der Waals surface area contributed by atoms with Crippen LogP contribution in [-0.4, -0.2) is 35.7 Å². The average molecular weight is 517 g/mol. The summed E-state index contributed by atoms with van der Waals surface area (Å²) < 4.78 is 70.5. The van der Waals surface area contributed by atoms with E-state index in [1.54, 1.807) is 38.1 Å². The maximum atomic E-state index is 13.5. The van der Waals surface area contributed by atoms with Gasteiger partial charge in [0.25, 0.3) is 0 Å². The predicted molar refractivity (Wildman–Crippen MR) is 131 cm³/mol. The molecule has 0 spiro atoms. The summed E-state index contributed by atoms with van der Waals surface area (Å²) in [7, 11) is -1.91. The van der Waals surface area contributed by atoms with Crippen molar-refractivity contribution in [2.75, 3.05) is 12.4 Å². The number of rotatable bonds is 7. The Balaban J connectivity index is 1.77. The van der Waals surface area contributed by atoms with Gasteiger partial charge in [-0.05, 0) is 68.4 Å². The molecule has 0 amide bonds. The molecule has 0 saturated carbocycles. The van der Waals surface area contributed by atoms with Gasteiger partial charge in [0, 0.05) is 24.4 Å². The molecule has 4 rings (SSSR count). The molecular weight excluding hydrogens is 493 g/mol. The zero-order valence-corrected chi connectivity index (χ0v) is 20.5. The van der Waals surface area contributed by atoms with Gasteiger partial charge in [-0.1, -0.05) is 0 Å². The Bertz CT molecular complexity index is 1510. The fourth-order valence-electron chi connectivity index (χ4n) is 3.61.